The van der Waals surface area contributed by atoms with Crippen molar-refractivity contribution in [1.82, 2.24) is 24.8 Å². The summed E-state index contributed by atoms with van der Waals surface area (Å²) in [7, 11) is -2.55. The van der Waals surface area contributed by atoms with E-state index >= 15 is 4.79 Å². The van der Waals surface area contributed by atoms with E-state index in [0.29, 0.717) is 48.1 Å². The third-order valence-electron chi connectivity index (χ3n) is 12.4. The summed E-state index contributed by atoms with van der Waals surface area (Å²) >= 11 is 0. The molecule has 0 radical (unpaired) electrons. The highest BCUT2D eigenvalue weighted by molar-refractivity contribution is 7.91. The Morgan fingerprint density at radius 1 is 1.19 bits per heavy atom. The summed E-state index contributed by atoms with van der Waals surface area (Å²) in [5.41, 5.74) is -3.96. The zero-order valence-corrected chi connectivity index (χ0v) is 34.0. The van der Waals surface area contributed by atoms with Crippen LogP contribution in [0.15, 0.2) is 42.6 Å². The molecule has 2 aromatic rings. The highest BCUT2D eigenvalue weighted by atomic mass is 32.2. The van der Waals surface area contributed by atoms with Crippen molar-refractivity contribution in [3.63, 3.8) is 0 Å². The number of nitrogens with one attached hydrogen (secondary N) is 2. The molecular weight excluding hydrogens is 765 g/mol. The molecule has 4 aliphatic rings. The number of alkyl halides is 2. The van der Waals surface area contributed by atoms with Gasteiger partial charge < -0.3 is 24.8 Å². The van der Waals surface area contributed by atoms with Gasteiger partial charge in [-0.3, -0.25) is 24.0 Å². The number of carboxylic acid groups (broad SMARTS) is 1. The Bertz CT molecular complexity index is 2040. The van der Waals surface area contributed by atoms with Gasteiger partial charge in [-0.15, -0.1) is 0 Å². The van der Waals surface area contributed by atoms with Crippen LogP contribution in [0.3, 0.4) is 0 Å². The zero-order valence-electron chi connectivity index (χ0n) is 33.2. The fourth-order valence-corrected chi connectivity index (χ4v) is 9.58. The number of ether oxygens (including phenoxy) is 2. The van der Waals surface area contributed by atoms with Crippen molar-refractivity contribution >= 4 is 44.6 Å². The van der Waals surface area contributed by atoms with Crippen LogP contribution in [-0.4, -0.2) is 106 Å². The normalized spacial score (nSPS) is 29.6. The lowest BCUT2D eigenvalue weighted by atomic mass is 9.82. The highest BCUT2D eigenvalue weighted by Crippen LogP contribution is 2.48. The molecule has 1 aromatic carbocycles. The number of pyridine rings is 1. The second kappa shape index (κ2) is 15.7. The SMILES string of the molecule is CC[C@@H]1C[C@@H](C)CC/C=C\[C@@H]2C[C@@]2(C(=O)NS(=O)(=O)C2(C)CC2)NC(=O)[C@@H]2C[C@@H](Oc3nccc4cc(OC)ccc34)CN2C(=O)[C@H]1N(C(=O)O)C(C)(C)C(F)F. The van der Waals surface area contributed by atoms with Gasteiger partial charge in [0.2, 0.25) is 27.7 Å². The molecule has 14 nitrogen and oxygen atoms in total. The predicted molar refractivity (Wildman–Crippen MR) is 206 cm³/mol. The van der Waals surface area contributed by atoms with Gasteiger partial charge in [-0.25, -0.2) is 27.0 Å². The molecule has 1 aromatic heterocycles. The summed E-state index contributed by atoms with van der Waals surface area (Å²) in [6, 6.07) is 4.04. The van der Waals surface area contributed by atoms with Crippen molar-refractivity contribution in [3.8, 4) is 11.6 Å². The topological polar surface area (TPSA) is 185 Å². The number of carbonyl (C=O) groups is 4. The van der Waals surface area contributed by atoms with Crippen molar-refractivity contribution in [1.29, 1.82) is 0 Å². The first-order valence-electron chi connectivity index (χ1n) is 19.5. The van der Waals surface area contributed by atoms with E-state index in [1.165, 1.54) is 18.2 Å². The first-order chi connectivity index (χ1) is 26.8. The van der Waals surface area contributed by atoms with Gasteiger partial charge in [-0.1, -0.05) is 32.4 Å². The molecule has 0 unspecified atom stereocenters. The van der Waals surface area contributed by atoms with Gasteiger partial charge in [0.15, 0.2) is 0 Å². The number of halogens is 2. The van der Waals surface area contributed by atoms with E-state index in [2.05, 4.69) is 15.0 Å². The van der Waals surface area contributed by atoms with Crippen LogP contribution in [0.5, 0.6) is 11.6 Å². The van der Waals surface area contributed by atoms with Gasteiger partial charge in [-0.2, -0.15) is 0 Å². The maximum Gasteiger partial charge on any atom is 0.408 e. The molecule has 3 N–H and O–H groups in total. The molecule has 3 fully saturated rings. The summed E-state index contributed by atoms with van der Waals surface area (Å²) < 4.78 is 68.8. The monoisotopic (exact) mass is 817 g/mol. The average molecular weight is 818 g/mol. The molecule has 1 saturated heterocycles. The van der Waals surface area contributed by atoms with Crippen LogP contribution in [0.2, 0.25) is 0 Å². The van der Waals surface area contributed by atoms with E-state index in [-0.39, 0.29) is 37.6 Å². The molecule has 4 amide bonds. The number of hydrogen-bond acceptors (Lipinski definition) is 9. The minimum Gasteiger partial charge on any atom is -0.497 e. The third kappa shape index (κ3) is 8.13. The van der Waals surface area contributed by atoms with E-state index in [0.717, 1.165) is 19.2 Å². The Morgan fingerprint density at radius 2 is 1.91 bits per heavy atom. The third-order valence-corrected chi connectivity index (χ3v) is 14.6. The Labute approximate surface area is 331 Å². The Morgan fingerprint density at radius 3 is 2.54 bits per heavy atom. The Balaban J connectivity index is 1.42. The molecule has 2 saturated carbocycles. The number of rotatable bonds is 10. The van der Waals surface area contributed by atoms with Gasteiger partial charge in [0.25, 0.3) is 12.3 Å². The molecule has 2 aliphatic carbocycles. The lowest BCUT2D eigenvalue weighted by molar-refractivity contribution is -0.149. The number of aromatic nitrogens is 1. The fraction of sp³-hybridized carbons (Fsp3) is 0.625. The minimum absolute atomic E-state index is 0.0803. The van der Waals surface area contributed by atoms with Crippen molar-refractivity contribution in [2.75, 3.05) is 13.7 Å². The van der Waals surface area contributed by atoms with Crippen molar-refractivity contribution in [3.05, 3.63) is 42.6 Å². The average Bonchev–Trinajstić information content (AvgIpc) is 4.03. The molecule has 0 bridgehead atoms. The number of allylic oxidation sites excluding steroid dienone is 1. The largest absolute Gasteiger partial charge is 0.497 e. The Kier molecular flexibility index (Phi) is 11.6. The zero-order chi connectivity index (χ0) is 41.7. The molecule has 3 heterocycles. The summed E-state index contributed by atoms with van der Waals surface area (Å²) in [5, 5.41) is 14.7. The molecule has 6 rings (SSSR count). The minimum atomic E-state index is -4.08. The molecular formula is C40H53F2N5O9S. The van der Waals surface area contributed by atoms with Crippen LogP contribution >= 0.6 is 0 Å². The maximum atomic E-state index is 15.1. The van der Waals surface area contributed by atoms with E-state index in [9.17, 15) is 36.7 Å². The van der Waals surface area contributed by atoms with Crippen molar-refractivity contribution in [2.24, 2.45) is 17.8 Å². The van der Waals surface area contributed by atoms with Gasteiger partial charge in [0.1, 0.15) is 35.0 Å². The van der Waals surface area contributed by atoms with Gasteiger partial charge in [-0.05, 0) is 101 Å². The molecule has 312 valence electrons. The summed E-state index contributed by atoms with van der Waals surface area (Å²) in [5.74, 6) is -3.10. The predicted octanol–water partition coefficient (Wildman–Crippen LogP) is 5.26. The summed E-state index contributed by atoms with van der Waals surface area (Å²) in [6.07, 6.45) is 1.87. The lowest BCUT2D eigenvalue weighted by Gasteiger charge is -2.45. The first-order valence-corrected chi connectivity index (χ1v) is 21.0. The molecule has 17 heteroatoms. The fourth-order valence-electron chi connectivity index (χ4n) is 8.26. The number of hydrogen-bond donors (Lipinski definition) is 3. The quantitative estimate of drug-likeness (QED) is 0.268. The van der Waals surface area contributed by atoms with Crippen LogP contribution in [-0.2, 0) is 24.4 Å². The Hall–Kier alpha value is -4.54. The number of benzene rings is 1. The smallest absolute Gasteiger partial charge is 0.408 e. The number of fused-ring (bicyclic) bond motifs is 3. The lowest BCUT2D eigenvalue weighted by Crippen LogP contribution is -2.65. The first kappa shape index (κ1) is 42.1. The van der Waals surface area contributed by atoms with Crippen LogP contribution in [0.25, 0.3) is 10.8 Å². The van der Waals surface area contributed by atoms with Crippen LogP contribution in [0.4, 0.5) is 13.6 Å². The maximum absolute atomic E-state index is 15.1. The van der Waals surface area contributed by atoms with E-state index in [1.54, 1.807) is 44.2 Å². The highest BCUT2D eigenvalue weighted by Gasteiger charge is 2.63. The summed E-state index contributed by atoms with van der Waals surface area (Å²) in [4.78, 5) is 62.9. The number of methoxy groups -OCH3 is 1. The van der Waals surface area contributed by atoms with Crippen LogP contribution in [0, 0.1) is 17.8 Å². The van der Waals surface area contributed by atoms with Crippen molar-refractivity contribution < 1.29 is 51.0 Å². The second-order valence-corrected chi connectivity index (χ2v) is 19.1. The van der Waals surface area contributed by atoms with E-state index in [4.69, 9.17) is 9.47 Å². The van der Waals surface area contributed by atoms with Gasteiger partial charge in [0.05, 0.1) is 18.4 Å². The van der Waals surface area contributed by atoms with Gasteiger partial charge >= 0.3 is 6.09 Å². The van der Waals surface area contributed by atoms with E-state index in [1.807, 2.05) is 13.0 Å². The van der Waals surface area contributed by atoms with Crippen molar-refractivity contribution in [2.45, 2.75) is 126 Å². The number of carbonyl (C=O) groups excluding carboxylic acids is 3. The van der Waals surface area contributed by atoms with Gasteiger partial charge in [0, 0.05) is 23.9 Å². The molecule has 2 aliphatic heterocycles. The van der Waals surface area contributed by atoms with Crippen LogP contribution in [0.1, 0.15) is 86.0 Å². The second-order valence-electron chi connectivity index (χ2n) is 16.9. The molecule has 0 spiro atoms. The number of nitrogens with zero attached hydrogens (tertiary/aromatic N) is 3. The standard InChI is InChI=1S/C40H53F2N5O9S/c1-7-24-18-23(2)10-8-9-11-26-21-40(26,36(50)45-57(53,54)39(5)15-16-39)44-32(48)30-20-28(56-33-29-13-12-27(55-6)19-25(29)14-17-43-33)22-46(30)34(49)31(24)47(37(51)52)38(3,4)35(41)42/h9,11-14,17,19,23-24,26,28,30-31,35H,7-8,10,15-16,18,20-22H2,1-6H3,(H,44,48)(H,45,50)(H,51,52)/b11-9-/t23-,24+,26+,28+,30-,31-,40+/m0/s1. The van der Waals surface area contributed by atoms with E-state index < -0.39 is 86.1 Å². The molecule has 57 heavy (non-hydrogen) atoms. The number of sulfonamides is 1. The summed E-state index contributed by atoms with van der Waals surface area (Å²) in [6.45, 7) is 7.16. The van der Waals surface area contributed by atoms with Crippen LogP contribution < -0.4 is 19.5 Å². The number of amides is 4. The molecule has 7 atom stereocenters.